The summed E-state index contributed by atoms with van der Waals surface area (Å²) in [4.78, 5) is 0. The Kier molecular flexibility index (Phi) is 1.90. The predicted molar refractivity (Wildman–Crippen MR) is 43.4 cm³/mol. The van der Waals surface area contributed by atoms with Crippen LogP contribution in [0.15, 0.2) is 12.3 Å². The van der Waals surface area contributed by atoms with Crippen LogP contribution in [0.2, 0.25) is 0 Å². The molecule has 0 amide bonds. The van der Waals surface area contributed by atoms with Gasteiger partial charge in [-0.3, -0.25) is 5.10 Å². The van der Waals surface area contributed by atoms with Crippen molar-refractivity contribution >= 4 is 0 Å². The normalized spacial score (nSPS) is 20.4. The fourth-order valence-corrected chi connectivity index (χ4v) is 1.63. The number of hydrogen-bond donors (Lipinski definition) is 2. The molecule has 0 unspecified atom stereocenters. The van der Waals surface area contributed by atoms with E-state index in [2.05, 4.69) is 21.6 Å². The lowest BCUT2D eigenvalue weighted by Gasteiger charge is -2.20. The third-order valence-corrected chi connectivity index (χ3v) is 2.30. The Morgan fingerprint density at radius 3 is 2.82 bits per heavy atom. The van der Waals surface area contributed by atoms with E-state index in [4.69, 9.17) is 0 Å². The number of rotatable bonds is 1. The van der Waals surface area contributed by atoms with E-state index in [1.165, 1.54) is 18.5 Å². The van der Waals surface area contributed by atoms with Crippen molar-refractivity contribution in [3.63, 3.8) is 0 Å². The lowest BCUT2D eigenvalue weighted by Crippen LogP contribution is -2.26. The Hall–Kier alpha value is -0.830. The van der Waals surface area contributed by atoms with Crippen molar-refractivity contribution in [1.82, 2.24) is 15.5 Å². The molecular weight excluding hydrogens is 138 g/mol. The van der Waals surface area contributed by atoms with Gasteiger partial charge in [0.1, 0.15) is 0 Å². The summed E-state index contributed by atoms with van der Waals surface area (Å²) in [5.74, 6) is 0.707. The van der Waals surface area contributed by atoms with E-state index >= 15 is 0 Å². The zero-order valence-corrected chi connectivity index (χ0v) is 6.51. The summed E-state index contributed by atoms with van der Waals surface area (Å²) >= 11 is 0. The molecule has 1 aromatic rings. The van der Waals surface area contributed by atoms with Gasteiger partial charge in [-0.2, -0.15) is 5.10 Å². The van der Waals surface area contributed by atoms with Crippen LogP contribution in [0.4, 0.5) is 0 Å². The van der Waals surface area contributed by atoms with Crippen molar-refractivity contribution in [1.29, 1.82) is 0 Å². The lowest BCUT2D eigenvalue weighted by molar-refractivity contribution is 0.453. The van der Waals surface area contributed by atoms with Gasteiger partial charge in [-0.1, -0.05) is 0 Å². The van der Waals surface area contributed by atoms with Gasteiger partial charge in [-0.25, -0.2) is 0 Å². The highest BCUT2D eigenvalue weighted by atomic mass is 15.1. The molecule has 0 spiro atoms. The van der Waals surface area contributed by atoms with Crippen molar-refractivity contribution in [2.45, 2.75) is 18.8 Å². The van der Waals surface area contributed by atoms with Crippen molar-refractivity contribution in [2.75, 3.05) is 13.1 Å². The monoisotopic (exact) mass is 151 g/mol. The fraction of sp³-hybridized carbons (Fsp3) is 0.625. The molecule has 11 heavy (non-hydrogen) atoms. The molecule has 0 atom stereocenters. The van der Waals surface area contributed by atoms with Crippen LogP contribution in [0.3, 0.4) is 0 Å². The number of hydrogen-bond acceptors (Lipinski definition) is 2. The lowest BCUT2D eigenvalue weighted by atomic mass is 9.95. The maximum Gasteiger partial charge on any atom is 0.0490 e. The first-order valence-corrected chi connectivity index (χ1v) is 4.17. The predicted octanol–water partition coefficient (Wildman–Crippen LogP) is 0.877. The van der Waals surface area contributed by atoms with E-state index in [0.29, 0.717) is 5.92 Å². The summed E-state index contributed by atoms with van der Waals surface area (Å²) in [5.41, 5.74) is 1.30. The molecule has 0 radical (unpaired) electrons. The average molecular weight is 151 g/mol. The van der Waals surface area contributed by atoms with Crippen LogP contribution in [0.25, 0.3) is 0 Å². The van der Waals surface area contributed by atoms with Gasteiger partial charge >= 0.3 is 0 Å². The summed E-state index contributed by atoms with van der Waals surface area (Å²) in [7, 11) is 0. The summed E-state index contributed by atoms with van der Waals surface area (Å²) in [6.45, 7) is 2.29. The highest BCUT2D eigenvalue weighted by molar-refractivity contribution is 5.06. The number of nitrogens with one attached hydrogen (secondary N) is 2. The number of piperidine rings is 1. The van der Waals surface area contributed by atoms with Gasteiger partial charge in [0, 0.05) is 17.8 Å². The Morgan fingerprint density at radius 2 is 2.18 bits per heavy atom. The minimum atomic E-state index is 0.707. The summed E-state index contributed by atoms with van der Waals surface area (Å²) in [6.07, 6.45) is 4.31. The Morgan fingerprint density at radius 1 is 1.36 bits per heavy atom. The Balaban J connectivity index is 2.04. The number of H-pyrrole nitrogens is 1. The van der Waals surface area contributed by atoms with E-state index in [0.717, 1.165) is 13.1 Å². The molecule has 3 nitrogen and oxygen atoms in total. The highest BCUT2D eigenvalue weighted by Crippen LogP contribution is 2.22. The molecule has 1 aromatic heterocycles. The second kappa shape index (κ2) is 3.05. The van der Waals surface area contributed by atoms with Crippen molar-refractivity contribution in [2.24, 2.45) is 0 Å². The first-order valence-electron chi connectivity index (χ1n) is 4.17. The van der Waals surface area contributed by atoms with Crippen molar-refractivity contribution in [3.8, 4) is 0 Å². The van der Waals surface area contributed by atoms with Gasteiger partial charge in [-0.05, 0) is 32.0 Å². The molecule has 1 saturated heterocycles. The largest absolute Gasteiger partial charge is 0.317 e. The van der Waals surface area contributed by atoms with Gasteiger partial charge in [0.25, 0.3) is 0 Å². The first-order chi connectivity index (χ1) is 5.47. The molecule has 1 aliphatic heterocycles. The van der Waals surface area contributed by atoms with Gasteiger partial charge < -0.3 is 5.32 Å². The molecule has 0 saturated carbocycles. The Labute approximate surface area is 66.2 Å². The van der Waals surface area contributed by atoms with Crippen molar-refractivity contribution < 1.29 is 0 Å². The zero-order chi connectivity index (χ0) is 7.52. The third-order valence-electron chi connectivity index (χ3n) is 2.30. The number of aromatic amines is 1. The summed E-state index contributed by atoms with van der Waals surface area (Å²) in [5, 5.41) is 10.3. The van der Waals surface area contributed by atoms with E-state index in [1.807, 2.05) is 6.20 Å². The van der Waals surface area contributed by atoms with E-state index in [9.17, 15) is 0 Å². The quantitative estimate of drug-likeness (QED) is 0.625. The van der Waals surface area contributed by atoms with Crippen LogP contribution >= 0.6 is 0 Å². The minimum absolute atomic E-state index is 0.707. The maximum absolute atomic E-state index is 3.95. The van der Waals surface area contributed by atoms with Crippen LogP contribution < -0.4 is 5.32 Å². The average Bonchev–Trinajstić information content (AvgIpc) is 2.58. The molecule has 0 aromatic carbocycles. The summed E-state index contributed by atoms with van der Waals surface area (Å²) < 4.78 is 0. The van der Waals surface area contributed by atoms with Crippen LogP contribution in [0, 0.1) is 0 Å². The standard InChI is InChI=1S/C8H13N3/c1-4-9-5-2-7(1)8-3-6-10-11-8/h3,6-7,9H,1-2,4-5H2,(H,10,11). The minimum Gasteiger partial charge on any atom is -0.317 e. The van der Waals surface area contributed by atoms with E-state index in [-0.39, 0.29) is 0 Å². The van der Waals surface area contributed by atoms with Crippen LogP contribution in [-0.4, -0.2) is 23.3 Å². The van der Waals surface area contributed by atoms with Gasteiger partial charge in [-0.15, -0.1) is 0 Å². The molecule has 2 rings (SSSR count). The Bertz CT molecular complexity index is 199. The molecule has 2 heterocycles. The van der Waals surface area contributed by atoms with Crippen LogP contribution in [0.5, 0.6) is 0 Å². The van der Waals surface area contributed by atoms with E-state index in [1.54, 1.807) is 0 Å². The second-order valence-electron chi connectivity index (χ2n) is 3.04. The fourth-order valence-electron chi connectivity index (χ4n) is 1.63. The molecule has 1 fully saturated rings. The third kappa shape index (κ3) is 1.43. The molecule has 0 bridgehead atoms. The molecule has 3 heteroatoms. The zero-order valence-electron chi connectivity index (χ0n) is 6.51. The second-order valence-corrected chi connectivity index (χ2v) is 3.04. The van der Waals surface area contributed by atoms with Gasteiger partial charge in [0.05, 0.1) is 0 Å². The molecule has 60 valence electrons. The highest BCUT2D eigenvalue weighted by Gasteiger charge is 2.15. The molecule has 0 aliphatic carbocycles. The number of nitrogens with zero attached hydrogens (tertiary/aromatic N) is 1. The van der Waals surface area contributed by atoms with E-state index < -0.39 is 0 Å². The van der Waals surface area contributed by atoms with Crippen LogP contribution in [-0.2, 0) is 0 Å². The summed E-state index contributed by atoms with van der Waals surface area (Å²) in [6, 6.07) is 2.08. The smallest absolute Gasteiger partial charge is 0.0490 e. The topological polar surface area (TPSA) is 40.7 Å². The molecule has 1 aliphatic rings. The SMILES string of the molecule is c1cc(C2CCNCC2)[nH]n1. The molecular formula is C8H13N3. The maximum atomic E-state index is 3.95. The molecule has 2 N–H and O–H groups in total. The van der Waals surface area contributed by atoms with Crippen molar-refractivity contribution in [3.05, 3.63) is 18.0 Å². The number of aromatic nitrogens is 2. The van der Waals surface area contributed by atoms with Gasteiger partial charge in [0.2, 0.25) is 0 Å². The van der Waals surface area contributed by atoms with Crippen LogP contribution in [0.1, 0.15) is 24.5 Å². The first kappa shape index (κ1) is 6.85. The van der Waals surface area contributed by atoms with Gasteiger partial charge in [0.15, 0.2) is 0 Å².